The van der Waals surface area contributed by atoms with Crippen molar-refractivity contribution >= 4 is 28.9 Å². The zero-order valence-corrected chi connectivity index (χ0v) is 11.0. The molecule has 0 saturated carbocycles. The number of rotatable bonds is 1. The standard InChI is InChI=1S/C13H9Cl2N3/c14-11-1-2-12(15)13(5-11)18-4-3-9(8-18)10(6-16)7-17/h1-2,5H,3-4,8H2. The second-order valence-corrected chi connectivity index (χ2v) is 4.81. The third-order valence-corrected chi connectivity index (χ3v) is 3.45. The number of hydrogen-bond acceptors (Lipinski definition) is 3. The van der Waals surface area contributed by atoms with E-state index in [2.05, 4.69) is 0 Å². The highest BCUT2D eigenvalue weighted by Gasteiger charge is 2.22. The van der Waals surface area contributed by atoms with Gasteiger partial charge in [0.1, 0.15) is 17.7 Å². The van der Waals surface area contributed by atoms with E-state index in [4.69, 9.17) is 33.7 Å². The summed E-state index contributed by atoms with van der Waals surface area (Å²) in [7, 11) is 0. The van der Waals surface area contributed by atoms with Gasteiger partial charge in [0, 0.05) is 18.1 Å². The molecule has 1 aromatic carbocycles. The first-order valence-electron chi connectivity index (χ1n) is 5.38. The Labute approximate surface area is 115 Å². The summed E-state index contributed by atoms with van der Waals surface area (Å²) < 4.78 is 0. The Morgan fingerprint density at radius 1 is 1.22 bits per heavy atom. The Balaban J connectivity index is 2.30. The van der Waals surface area contributed by atoms with Crippen molar-refractivity contribution < 1.29 is 0 Å². The topological polar surface area (TPSA) is 50.8 Å². The highest BCUT2D eigenvalue weighted by atomic mass is 35.5. The van der Waals surface area contributed by atoms with Gasteiger partial charge in [0.05, 0.1) is 10.7 Å². The molecule has 2 rings (SSSR count). The van der Waals surface area contributed by atoms with Crippen LogP contribution in [0.5, 0.6) is 0 Å². The van der Waals surface area contributed by atoms with Crippen LogP contribution in [0.4, 0.5) is 5.69 Å². The molecule has 0 aliphatic carbocycles. The molecule has 0 N–H and O–H groups in total. The third kappa shape index (κ3) is 2.43. The second-order valence-electron chi connectivity index (χ2n) is 3.97. The molecule has 0 spiro atoms. The van der Waals surface area contributed by atoms with Crippen molar-refractivity contribution in [2.75, 3.05) is 18.0 Å². The fourth-order valence-electron chi connectivity index (χ4n) is 1.98. The summed E-state index contributed by atoms with van der Waals surface area (Å²) >= 11 is 12.1. The van der Waals surface area contributed by atoms with Crippen molar-refractivity contribution in [2.45, 2.75) is 6.42 Å². The normalized spacial score (nSPS) is 14.2. The Hall–Kier alpha value is -1.68. The zero-order chi connectivity index (χ0) is 13.1. The van der Waals surface area contributed by atoms with Crippen molar-refractivity contribution in [3.8, 4) is 12.1 Å². The molecule has 0 unspecified atom stereocenters. The minimum Gasteiger partial charge on any atom is -0.366 e. The number of allylic oxidation sites excluding steroid dienone is 1. The van der Waals surface area contributed by atoms with Crippen LogP contribution < -0.4 is 4.90 Å². The molecule has 0 bridgehead atoms. The van der Waals surface area contributed by atoms with E-state index in [-0.39, 0.29) is 5.57 Å². The van der Waals surface area contributed by atoms with Gasteiger partial charge in [-0.3, -0.25) is 0 Å². The fraction of sp³-hybridized carbons (Fsp3) is 0.231. The van der Waals surface area contributed by atoms with Gasteiger partial charge in [0.2, 0.25) is 0 Å². The molecule has 1 saturated heterocycles. The smallest absolute Gasteiger partial charge is 0.130 e. The van der Waals surface area contributed by atoms with Gasteiger partial charge in [-0.25, -0.2) is 0 Å². The Morgan fingerprint density at radius 3 is 2.61 bits per heavy atom. The van der Waals surface area contributed by atoms with Crippen LogP contribution in [0, 0.1) is 22.7 Å². The average Bonchev–Trinajstić information content (AvgIpc) is 2.83. The molecule has 5 heteroatoms. The van der Waals surface area contributed by atoms with Gasteiger partial charge in [-0.2, -0.15) is 10.5 Å². The summed E-state index contributed by atoms with van der Waals surface area (Å²) in [6, 6.07) is 9.12. The van der Waals surface area contributed by atoms with Gasteiger partial charge in [0.25, 0.3) is 0 Å². The summed E-state index contributed by atoms with van der Waals surface area (Å²) in [6.07, 6.45) is 0.708. The summed E-state index contributed by atoms with van der Waals surface area (Å²) in [5, 5.41) is 18.9. The van der Waals surface area contributed by atoms with Crippen LogP contribution in [0.15, 0.2) is 29.3 Å². The molecule has 0 amide bonds. The third-order valence-electron chi connectivity index (χ3n) is 2.89. The van der Waals surface area contributed by atoms with E-state index in [1.54, 1.807) is 18.2 Å². The first-order chi connectivity index (χ1) is 8.65. The van der Waals surface area contributed by atoms with Crippen LogP contribution in [0.3, 0.4) is 0 Å². The lowest BCUT2D eigenvalue weighted by Gasteiger charge is -2.19. The van der Waals surface area contributed by atoms with Gasteiger partial charge in [0.15, 0.2) is 0 Å². The number of nitrogens with zero attached hydrogens (tertiary/aromatic N) is 3. The highest BCUT2D eigenvalue weighted by Crippen LogP contribution is 2.33. The first kappa shape index (κ1) is 12.8. The van der Waals surface area contributed by atoms with Gasteiger partial charge < -0.3 is 4.90 Å². The van der Waals surface area contributed by atoms with Crippen molar-refractivity contribution in [2.24, 2.45) is 0 Å². The van der Waals surface area contributed by atoms with Gasteiger partial charge >= 0.3 is 0 Å². The number of anilines is 1. The van der Waals surface area contributed by atoms with Crippen molar-refractivity contribution in [3.05, 3.63) is 39.4 Å². The van der Waals surface area contributed by atoms with E-state index in [1.807, 2.05) is 17.0 Å². The van der Waals surface area contributed by atoms with Crippen LogP contribution in [-0.4, -0.2) is 13.1 Å². The SMILES string of the molecule is N#CC(C#N)=C1CCN(c2cc(Cl)ccc2Cl)C1. The lowest BCUT2D eigenvalue weighted by atomic mass is 10.1. The summed E-state index contributed by atoms with van der Waals surface area (Å²) in [4.78, 5) is 2.03. The highest BCUT2D eigenvalue weighted by molar-refractivity contribution is 6.35. The number of halogens is 2. The number of benzene rings is 1. The lowest BCUT2D eigenvalue weighted by molar-refractivity contribution is 0.968. The largest absolute Gasteiger partial charge is 0.366 e. The molecule has 90 valence electrons. The quantitative estimate of drug-likeness (QED) is 0.738. The molecule has 0 atom stereocenters. The van der Waals surface area contributed by atoms with E-state index in [0.29, 0.717) is 23.0 Å². The van der Waals surface area contributed by atoms with Gasteiger partial charge in [-0.05, 0) is 30.2 Å². The van der Waals surface area contributed by atoms with Crippen LogP contribution in [0.25, 0.3) is 0 Å². The van der Waals surface area contributed by atoms with Crippen LogP contribution in [0.1, 0.15) is 6.42 Å². The molecule has 1 heterocycles. The second kappa shape index (κ2) is 5.31. The van der Waals surface area contributed by atoms with E-state index in [0.717, 1.165) is 17.8 Å². The summed E-state index contributed by atoms with van der Waals surface area (Å²) in [5.41, 5.74) is 1.90. The molecule has 1 fully saturated rings. The maximum atomic E-state index is 8.85. The van der Waals surface area contributed by atoms with E-state index < -0.39 is 0 Å². The molecule has 1 aliphatic heterocycles. The van der Waals surface area contributed by atoms with E-state index in [1.165, 1.54) is 0 Å². The molecule has 0 radical (unpaired) electrons. The predicted octanol–water partition coefficient (Wildman–Crippen LogP) is 3.55. The fourth-order valence-corrected chi connectivity index (χ4v) is 2.38. The Bertz CT molecular complexity index is 577. The summed E-state index contributed by atoms with van der Waals surface area (Å²) in [6.45, 7) is 1.29. The molecular weight excluding hydrogens is 269 g/mol. The maximum absolute atomic E-state index is 8.85. The minimum absolute atomic E-state index is 0.204. The number of nitriles is 2. The van der Waals surface area contributed by atoms with Crippen molar-refractivity contribution in [1.82, 2.24) is 0 Å². The van der Waals surface area contributed by atoms with E-state index >= 15 is 0 Å². The van der Waals surface area contributed by atoms with Gasteiger partial charge in [-0.15, -0.1) is 0 Å². The molecular formula is C13H9Cl2N3. The minimum atomic E-state index is 0.204. The van der Waals surface area contributed by atoms with Crippen LogP contribution in [0.2, 0.25) is 10.0 Å². The molecule has 1 aliphatic rings. The Morgan fingerprint density at radius 2 is 1.94 bits per heavy atom. The predicted molar refractivity (Wildman–Crippen MR) is 71.5 cm³/mol. The monoisotopic (exact) mass is 277 g/mol. The molecule has 1 aromatic rings. The van der Waals surface area contributed by atoms with Crippen molar-refractivity contribution in [1.29, 1.82) is 10.5 Å². The molecule has 18 heavy (non-hydrogen) atoms. The first-order valence-corrected chi connectivity index (χ1v) is 6.13. The number of hydrogen-bond donors (Lipinski definition) is 0. The van der Waals surface area contributed by atoms with E-state index in [9.17, 15) is 0 Å². The average molecular weight is 278 g/mol. The maximum Gasteiger partial charge on any atom is 0.130 e. The van der Waals surface area contributed by atoms with Crippen LogP contribution in [-0.2, 0) is 0 Å². The Kier molecular flexibility index (Phi) is 3.77. The molecule has 0 aromatic heterocycles. The summed E-state index contributed by atoms with van der Waals surface area (Å²) in [5.74, 6) is 0. The zero-order valence-electron chi connectivity index (χ0n) is 9.45. The lowest BCUT2D eigenvalue weighted by Crippen LogP contribution is -2.18. The van der Waals surface area contributed by atoms with Crippen LogP contribution >= 0.6 is 23.2 Å². The molecule has 3 nitrogen and oxygen atoms in total. The van der Waals surface area contributed by atoms with Gasteiger partial charge in [-0.1, -0.05) is 23.2 Å². The van der Waals surface area contributed by atoms with Crippen molar-refractivity contribution in [3.63, 3.8) is 0 Å².